The van der Waals surface area contributed by atoms with Gasteiger partial charge in [-0.05, 0) is 23.6 Å². The second-order valence-corrected chi connectivity index (χ2v) is 4.94. The van der Waals surface area contributed by atoms with Crippen LogP contribution in [0.1, 0.15) is 36.9 Å². The molecular weight excluding hydrogens is 262 g/mol. The van der Waals surface area contributed by atoms with Gasteiger partial charge in [0.15, 0.2) is 5.78 Å². The van der Waals surface area contributed by atoms with E-state index in [9.17, 15) is 4.79 Å². The highest BCUT2D eigenvalue weighted by atomic mass is 16.1. The number of benzene rings is 1. The molecule has 0 aliphatic rings. The van der Waals surface area contributed by atoms with Crippen LogP contribution in [0.3, 0.4) is 0 Å². The molecule has 4 heteroatoms. The molecule has 4 nitrogen and oxygen atoms in total. The topological polar surface area (TPSA) is 79.8 Å². The van der Waals surface area contributed by atoms with Crippen LogP contribution in [-0.2, 0) is 4.79 Å². The van der Waals surface area contributed by atoms with E-state index in [1.165, 1.54) is 6.21 Å². The van der Waals surface area contributed by atoms with Gasteiger partial charge < -0.3 is 11.1 Å². The largest absolute Gasteiger partial charge is 0.318 e. The Morgan fingerprint density at radius 2 is 2.00 bits per heavy atom. The molecule has 108 valence electrons. The number of hydrogen-bond acceptors (Lipinski definition) is 4. The van der Waals surface area contributed by atoms with Crippen LogP contribution in [-0.4, -0.2) is 17.0 Å². The van der Waals surface area contributed by atoms with E-state index < -0.39 is 6.04 Å². The lowest BCUT2D eigenvalue weighted by Crippen LogP contribution is -2.21. The molecule has 0 aliphatic heterocycles. The number of pyridine rings is 1. The lowest BCUT2D eigenvalue weighted by molar-refractivity contribution is -0.120. The summed E-state index contributed by atoms with van der Waals surface area (Å²) in [5.41, 5.74) is 9.33. The lowest BCUT2D eigenvalue weighted by atomic mass is 10.0. The molecule has 0 fully saturated rings. The molecule has 1 unspecified atom stereocenters. The fraction of sp³-hybridized carbons (Fsp3) is 0.235. The normalized spacial score (nSPS) is 11.9. The number of Topliss-reactive ketones (excluding diaryl/α,β-unsaturated/α-hetero) is 1. The van der Waals surface area contributed by atoms with Gasteiger partial charge in [0.05, 0.1) is 11.7 Å². The van der Waals surface area contributed by atoms with Crippen LogP contribution in [0.25, 0.3) is 11.3 Å². The highest BCUT2D eigenvalue weighted by Crippen LogP contribution is 2.20. The molecule has 0 saturated heterocycles. The molecule has 21 heavy (non-hydrogen) atoms. The van der Waals surface area contributed by atoms with Gasteiger partial charge in [0.25, 0.3) is 0 Å². The quantitative estimate of drug-likeness (QED) is 0.798. The van der Waals surface area contributed by atoms with Gasteiger partial charge in [0.2, 0.25) is 0 Å². The number of aromatic nitrogens is 1. The van der Waals surface area contributed by atoms with Gasteiger partial charge in [-0.2, -0.15) is 0 Å². The smallest absolute Gasteiger partial charge is 0.154 e. The van der Waals surface area contributed by atoms with E-state index in [4.69, 9.17) is 11.1 Å². The predicted molar refractivity (Wildman–Crippen MR) is 84.4 cm³/mol. The molecule has 1 aromatic carbocycles. The average molecular weight is 281 g/mol. The molecule has 2 rings (SSSR count). The van der Waals surface area contributed by atoms with Crippen molar-refractivity contribution in [1.29, 1.82) is 5.41 Å². The Balaban J connectivity index is 2.17. The first-order valence-corrected chi connectivity index (χ1v) is 7.01. The molecule has 0 amide bonds. The summed E-state index contributed by atoms with van der Waals surface area (Å²) in [5, 5.41) is 7.18. The number of hydrogen-bond donors (Lipinski definition) is 2. The van der Waals surface area contributed by atoms with Gasteiger partial charge in [0.1, 0.15) is 0 Å². The van der Waals surface area contributed by atoms with E-state index in [1.54, 1.807) is 6.20 Å². The van der Waals surface area contributed by atoms with Crippen molar-refractivity contribution in [3.8, 4) is 11.3 Å². The van der Waals surface area contributed by atoms with E-state index in [-0.39, 0.29) is 5.78 Å². The second-order valence-electron chi connectivity index (χ2n) is 4.94. The van der Waals surface area contributed by atoms with Crippen molar-refractivity contribution in [1.82, 2.24) is 4.98 Å². The molecule has 1 aromatic heterocycles. The molecular formula is C17H19N3O. The standard InChI is InChI=1S/C17H19N3O/c1-2-3-16(21)17(19)14-8-9-15(20-11-14)13-6-4-12(10-18)5-7-13/h4-11,17-18H,2-3,19H2,1H3. The van der Waals surface area contributed by atoms with Crippen molar-refractivity contribution in [2.24, 2.45) is 5.73 Å². The summed E-state index contributed by atoms with van der Waals surface area (Å²) >= 11 is 0. The highest BCUT2D eigenvalue weighted by molar-refractivity contribution is 5.85. The molecule has 2 aromatic rings. The molecule has 0 spiro atoms. The number of carbonyl (C=O) groups is 1. The summed E-state index contributed by atoms with van der Waals surface area (Å²) in [6, 6.07) is 10.7. The fourth-order valence-corrected chi connectivity index (χ4v) is 2.10. The Hall–Kier alpha value is -2.33. The van der Waals surface area contributed by atoms with Crippen LogP contribution in [0, 0.1) is 5.41 Å². The van der Waals surface area contributed by atoms with Crippen molar-refractivity contribution < 1.29 is 4.79 Å². The van der Waals surface area contributed by atoms with E-state index >= 15 is 0 Å². The van der Waals surface area contributed by atoms with Gasteiger partial charge in [-0.15, -0.1) is 0 Å². The van der Waals surface area contributed by atoms with Gasteiger partial charge in [-0.25, -0.2) is 0 Å². The molecule has 0 radical (unpaired) electrons. The minimum atomic E-state index is -0.591. The maximum atomic E-state index is 11.8. The minimum Gasteiger partial charge on any atom is -0.318 e. The average Bonchev–Trinajstić information content (AvgIpc) is 2.54. The van der Waals surface area contributed by atoms with Crippen molar-refractivity contribution in [2.45, 2.75) is 25.8 Å². The maximum absolute atomic E-state index is 11.8. The van der Waals surface area contributed by atoms with Gasteiger partial charge >= 0.3 is 0 Å². The molecule has 1 heterocycles. The van der Waals surface area contributed by atoms with E-state index in [0.717, 1.165) is 28.8 Å². The van der Waals surface area contributed by atoms with Crippen molar-refractivity contribution in [3.05, 3.63) is 53.7 Å². The second kappa shape index (κ2) is 6.90. The lowest BCUT2D eigenvalue weighted by Gasteiger charge is -2.10. The highest BCUT2D eigenvalue weighted by Gasteiger charge is 2.15. The SMILES string of the molecule is CCCC(=O)C(N)c1ccc(-c2ccc(C=N)cc2)nc1. The number of ketones is 1. The van der Waals surface area contributed by atoms with Crippen LogP contribution in [0.4, 0.5) is 0 Å². The van der Waals surface area contributed by atoms with Crippen molar-refractivity contribution in [2.75, 3.05) is 0 Å². The predicted octanol–water partition coefficient (Wildman–Crippen LogP) is 3.12. The first-order valence-electron chi connectivity index (χ1n) is 7.01. The van der Waals surface area contributed by atoms with Crippen molar-refractivity contribution >= 4 is 12.0 Å². The Morgan fingerprint density at radius 3 is 2.52 bits per heavy atom. The number of nitrogens with zero attached hydrogens (tertiary/aromatic N) is 1. The monoisotopic (exact) mass is 281 g/mol. The zero-order chi connectivity index (χ0) is 15.2. The molecule has 0 bridgehead atoms. The molecule has 3 N–H and O–H groups in total. The van der Waals surface area contributed by atoms with E-state index in [1.807, 2.05) is 43.3 Å². The summed E-state index contributed by atoms with van der Waals surface area (Å²) in [7, 11) is 0. The third-order valence-electron chi connectivity index (χ3n) is 3.36. The number of carbonyl (C=O) groups excluding carboxylic acids is 1. The maximum Gasteiger partial charge on any atom is 0.154 e. The van der Waals surface area contributed by atoms with Crippen LogP contribution in [0.2, 0.25) is 0 Å². The Labute approximate surface area is 124 Å². The van der Waals surface area contributed by atoms with Gasteiger partial charge in [-0.3, -0.25) is 9.78 Å². The summed E-state index contributed by atoms with van der Waals surface area (Å²) in [6.45, 7) is 1.96. The van der Waals surface area contributed by atoms with Gasteiger partial charge in [0, 0.05) is 24.4 Å². The molecule has 1 atom stereocenters. The molecule has 0 saturated carbocycles. The third-order valence-corrected chi connectivity index (χ3v) is 3.36. The molecule has 0 aliphatic carbocycles. The van der Waals surface area contributed by atoms with E-state index in [0.29, 0.717) is 6.42 Å². The summed E-state index contributed by atoms with van der Waals surface area (Å²) in [4.78, 5) is 16.2. The zero-order valence-corrected chi connectivity index (χ0v) is 12.0. The first kappa shape index (κ1) is 15.1. The zero-order valence-electron chi connectivity index (χ0n) is 12.0. The summed E-state index contributed by atoms with van der Waals surface area (Å²) < 4.78 is 0. The Bertz CT molecular complexity index is 617. The fourth-order valence-electron chi connectivity index (χ4n) is 2.10. The number of rotatable bonds is 6. The number of nitrogens with one attached hydrogen (secondary N) is 1. The van der Waals surface area contributed by atoms with Crippen LogP contribution >= 0.6 is 0 Å². The summed E-state index contributed by atoms with van der Waals surface area (Å²) in [5.74, 6) is 0.0439. The summed E-state index contributed by atoms with van der Waals surface area (Å²) in [6.07, 6.45) is 4.27. The van der Waals surface area contributed by atoms with Gasteiger partial charge in [-0.1, -0.05) is 37.3 Å². The van der Waals surface area contributed by atoms with Crippen molar-refractivity contribution in [3.63, 3.8) is 0 Å². The third kappa shape index (κ3) is 3.61. The van der Waals surface area contributed by atoms with Crippen LogP contribution in [0.15, 0.2) is 42.6 Å². The first-order chi connectivity index (χ1) is 10.2. The Kier molecular flexibility index (Phi) is 4.95. The minimum absolute atomic E-state index is 0.0439. The van der Waals surface area contributed by atoms with Crippen LogP contribution in [0.5, 0.6) is 0 Å². The van der Waals surface area contributed by atoms with Crippen LogP contribution < -0.4 is 5.73 Å². The number of nitrogens with two attached hydrogens (primary N) is 1. The van der Waals surface area contributed by atoms with E-state index in [2.05, 4.69) is 4.98 Å². The Morgan fingerprint density at radius 1 is 1.29 bits per heavy atom.